The number of halogens is 1. The summed E-state index contributed by atoms with van der Waals surface area (Å²) in [5.74, 6) is 0. The first-order chi connectivity index (χ1) is 9.61. The topological polar surface area (TPSA) is 41.6 Å². The van der Waals surface area contributed by atoms with Gasteiger partial charge in [-0.2, -0.15) is 0 Å². The number of benzene rings is 1. The number of hydrogen-bond donors (Lipinski definition) is 1. The highest BCUT2D eigenvalue weighted by Crippen LogP contribution is 2.27. The van der Waals surface area contributed by atoms with E-state index < -0.39 is 0 Å². The van der Waals surface area contributed by atoms with Gasteiger partial charge in [-0.1, -0.05) is 12.1 Å². The maximum Gasteiger partial charge on any atom is 0.409 e. The second-order valence-corrected chi connectivity index (χ2v) is 5.83. The van der Waals surface area contributed by atoms with Crippen molar-refractivity contribution in [3.8, 4) is 0 Å². The molecular weight excluding hydrogens is 320 g/mol. The number of rotatable bonds is 3. The molecule has 0 aromatic heterocycles. The lowest BCUT2D eigenvalue weighted by atomic mass is 10.0. The summed E-state index contributed by atoms with van der Waals surface area (Å²) in [6.45, 7) is 5.85. The molecule has 1 saturated heterocycles. The van der Waals surface area contributed by atoms with Crippen molar-refractivity contribution in [2.45, 2.75) is 32.7 Å². The van der Waals surface area contributed by atoms with Crippen LogP contribution in [0.3, 0.4) is 0 Å². The summed E-state index contributed by atoms with van der Waals surface area (Å²) >= 11 is 3.62. The van der Waals surface area contributed by atoms with Crippen molar-refractivity contribution in [3.63, 3.8) is 0 Å². The molecule has 1 N–H and O–H groups in total. The van der Waals surface area contributed by atoms with Crippen LogP contribution in [0.4, 0.5) is 10.5 Å². The number of likely N-dealkylation sites (tertiary alicyclic amines) is 1. The first kappa shape index (κ1) is 15.2. The Morgan fingerprint density at radius 1 is 1.45 bits per heavy atom. The van der Waals surface area contributed by atoms with Crippen LogP contribution in [0.1, 0.15) is 25.3 Å². The predicted molar refractivity (Wildman–Crippen MR) is 84.1 cm³/mol. The minimum Gasteiger partial charge on any atom is -0.450 e. The highest BCUT2D eigenvalue weighted by molar-refractivity contribution is 9.10. The van der Waals surface area contributed by atoms with Crippen LogP contribution in [-0.2, 0) is 4.74 Å². The second kappa shape index (κ2) is 6.97. The fourth-order valence-electron chi connectivity index (χ4n) is 2.40. The molecule has 0 radical (unpaired) electrons. The Labute approximate surface area is 128 Å². The number of piperidine rings is 1. The van der Waals surface area contributed by atoms with Gasteiger partial charge < -0.3 is 15.0 Å². The van der Waals surface area contributed by atoms with Gasteiger partial charge in [0.1, 0.15) is 0 Å². The molecule has 0 unspecified atom stereocenters. The lowest BCUT2D eigenvalue weighted by Gasteiger charge is -2.32. The lowest BCUT2D eigenvalue weighted by Crippen LogP contribution is -2.42. The van der Waals surface area contributed by atoms with Gasteiger partial charge in [-0.05, 0) is 54.2 Å². The molecule has 1 aromatic rings. The number of nitrogens with zero attached hydrogens (tertiary/aromatic N) is 1. The maximum absolute atomic E-state index is 11.6. The van der Waals surface area contributed by atoms with Gasteiger partial charge >= 0.3 is 6.09 Å². The summed E-state index contributed by atoms with van der Waals surface area (Å²) < 4.78 is 6.15. The minimum absolute atomic E-state index is 0.192. The first-order valence-electron chi connectivity index (χ1n) is 7.05. The number of hydrogen-bond acceptors (Lipinski definition) is 3. The highest BCUT2D eigenvalue weighted by atomic mass is 79.9. The monoisotopic (exact) mass is 340 g/mol. The molecule has 110 valence electrons. The fourth-order valence-corrected chi connectivity index (χ4v) is 2.78. The van der Waals surface area contributed by atoms with E-state index in [1.165, 1.54) is 5.56 Å². The third kappa shape index (κ3) is 3.66. The molecule has 0 atom stereocenters. The summed E-state index contributed by atoms with van der Waals surface area (Å²) in [7, 11) is 0. The Morgan fingerprint density at radius 3 is 2.80 bits per heavy atom. The first-order valence-corrected chi connectivity index (χ1v) is 7.84. The van der Waals surface area contributed by atoms with Crippen LogP contribution < -0.4 is 5.32 Å². The van der Waals surface area contributed by atoms with Crippen LogP contribution in [0.5, 0.6) is 0 Å². The van der Waals surface area contributed by atoms with E-state index in [1.807, 2.05) is 6.92 Å². The van der Waals surface area contributed by atoms with Crippen LogP contribution in [0.25, 0.3) is 0 Å². The molecule has 20 heavy (non-hydrogen) atoms. The predicted octanol–water partition coefficient (Wildman–Crippen LogP) is 3.79. The van der Waals surface area contributed by atoms with Crippen molar-refractivity contribution >= 4 is 27.7 Å². The SMILES string of the molecule is CCOC(=O)N1CCC(Nc2cccc(C)c2Br)CC1. The Balaban J connectivity index is 1.88. The molecule has 0 bridgehead atoms. The molecule has 1 aliphatic rings. The molecule has 4 nitrogen and oxygen atoms in total. The third-order valence-corrected chi connectivity index (χ3v) is 4.62. The van der Waals surface area contributed by atoms with Crippen molar-refractivity contribution < 1.29 is 9.53 Å². The van der Waals surface area contributed by atoms with Crippen molar-refractivity contribution in [1.82, 2.24) is 4.90 Å². The van der Waals surface area contributed by atoms with E-state index in [2.05, 4.69) is 46.4 Å². The number of carbonyl (C=O) groups excluding carboxylic acids is 1. The van der Waals surface area contributed by atoms with E-state index in [-0.39, 0.29) is 6.09 Å². The van der Waals surface area contributed by atoms with Crippen LogP contribution in [0, 0.1) is 6.92 Å². The molecule has 1 aromatic carbocycles. The van der Waals surface area contributed by atoms with Gasteiger partial charge in [0.05, 0.1) is 6.61 Å². The number of aryl methyl sites for hydroxylation is 1. The molecule has 0 aliphatic carbocycles. The van der Waals surface area contributed by atoms with E-state index in [1.54, 1.807) is 4.90 Å². The number of nitrogens with one attached hydrogen (secondary N) is 1. The van der Waals surface area contributed by atoms with Gasteiger partial charge in [0, 0.05) is 29.3 Å². The van der Waals surface area contributed by atoms with Crippen LogP contribution >= 0.6 is 15.9 Å². The van der Waals surface area contributed by atoms with Crippen LogP contribution in [0.2, 0.25) is 0 Å². The Bertz CT molecular complexity index is 471. The van der Waals surface area contributed by atoms with Crippen LogP contribution in [-0.4, -0.2) is 36.7 Å². The van der Waals surface area contributed by atoms with Crippen molar-refractivity contribution in [2.75, 3.05) is 25.0 Å². The van der Waals surface area contributed by atoms with Gasteiger partial charge in [0.15, 0.2) is 0 Å². The zero-order valence-electron chi connectivity index (χ0n) is 12.0. The van der Waals surface area contributed by atoms with E-state index in [4.69, 9.17) is 4.74 Å². The van der Waals surface area contributed by atoms with Crippen molar-refractivity contribution in [2.24, 2.45) is 0 Å². The van der Waals surface area contributed by atoms with Gasteiger partial charge in [0.25, 0.3) is 0 Å². The number of ether oxygens (including phenoxy) is 1. The Kier molecular flexibility index (Phi) is 5.29. The van der Waals surface area contributed by atoms with E-state index in [0.29, 0.717) is 12.6 Å². The lowest BCUT2D eigenvalue weighted by molar-refractivity contribution is 0.0983. The minimum atomic E-state index is -0.192. The largest absolute Gasteiger partial charge is 0.450 e. The molecular formula is C15H21BrN2O2. The fraction of sp³-hybridized carbons (Fsp3) is 0.533. The van der Waals surface area contributed by atoms with E-state index in [0.717, 1.165) is 36.1 Å². The average Bonchev–Trinajstić information content (AvgIpc) is 2.45. The Morgan fingerprint density at radius 2 is 2.15 bits per heavy atom. The van der Waals surface area contributed by atoms with Gasteiger partial charge in [0.2, 0.25) is 0 Å². The summed E-state index contributed by atoms with van der Waals surface area (Å²) in [5.41, 5.74) is 2.35. The molecule has 1 aliphatic heterocycles. The summed E-state index contributed by atoms with van der Waals surface area (Å²) in [6, 6.07) is 6.61. The van der Waals surface area contributed by atoms with Crippen LogP contribution in [0.15, 0.2) is 22.7 Å². The molecule has 1 amide bonds. The average molecular weight is 341 g/mol. The highest BCUT2D eigenvalue weighted by Gasteiger charge is 2.23. The number of carbonyl (C=O) groups is 1. The number of amides is 1. The molecule has 1 fully saturated rings. The molecule has 5 heteroatoms. The summed E-state index contributed by atoms with van der Waals surface area (Å²) in [6.07, 6.45) is 1.70. The molecule has 0 saturated carbocycles. The second-order valence-electron chi connectivity index (χ2n) is 5.04. The third-order valence-electron chi connectivity index (χ3n) is 3.57. The van der Waals surface area contributed by atoms with Crippen molar-refractivity contribution in [1.29, 1.82) is 0 Å². The normalized spacial score (nSPS) is 16.1. The van der Waals surface area contributed by atoms with Gasteiger partial charge in [-0.15, -0.1) is 0 Å². The quantitative estimate of drug-likeness (QED) is 0.909. The van der Waals surface area contributed by atoms with Gasteiger partial charge in [-0.25, -0.2) is 4.79 Å². The molecule has 1 heterocycles. The van der Waals surface area contributed by atoms with E-state index in [9.17, 15) is 4.79 Å². The Hall–Kier alpha value is -1.23. The molecule has 0 spiro atoms. The molecule has 2 rings (SSSR count). The van der Waals surface area contributed by atoms with E-state index >= 15 is 0 Å². The summed E-state index contributed by atoms with van der Waals surface area (Å²) in [4.78, 5) is 13.4. The zero-order chi connectivity index (χ0) is 14.5. The number of anilines is 1. The van der Waals surface area contributed by atoms with Gasteiger partial charge in [-0.3, -0.25) is 0 Å². The smallest absolute Gasteiger partial charge is 0.409 e. The van der Waals surface area contributed by atoms with Crippen molar-refractivity contribution in [3.05, 3.63) is 28.2 Å². The summed E-state index contributed by atoms with van der Waals surface area (Å²) in [5, 5.41) is 3.56. The zero-order valence-corrected chi connectivity index (χ0v) is 13.6. The maximum atomic E-state index is 11.6. The standard InChI is InChI=1S/C15H21BrN2O2/c1-3-20-15(19)18-9-7-12(8-10-18)17-13-6-4-5-11(2)14(13)16/h4-6,12,17H,3,7-10H2,1-2H3.